The summed E-state index contributed by atoms with van der Waals surface area (Å²) in [6, 6.07) is 3.97. The molecule has 8 heteroatoms. The lowest BCUT2D eigenvalue weighted by atomic mass is 10.1. The third-order valence-corrected chi connectivity index (χ3v) is 3.48. The molecule has 1 aromatic carbocycles. The number of rotatable bonds is 4. The number of carboxylic acid groups (broad SMARTS) is 1. The van der Waals surface area contributed by atoms with Gasteiger partial charge >= 0.3 is 18.6 Å². The molecule has 0 aliphatic carbocycles. The van der Waals surface area contributed by atoms with Crippen LogP contribution in [0.2, 0.25) is 0 Å². The third kappa shape index (κ3) is 3.84. The van der Waals surface area contributed by atoms with E-state index in [4.69, 9.17) is 5.11 Å². The Morgan fingerprint density at radius 2 is 2.18 bits per heavy atom. The molecule has 22 heavy (non-hydrogen) atoms. The Morgan fingerprint density at radius 1 is 1.45 bits per heavy atom. The third-order valence-electron chi connectivity index (χ3n) is 3.48. The van der Waals surface area contributed by atoms with Crippen LogP contribution in [0, 0.1) is 12.8 Å². The first-order valence-corrected chi connectivity index (χ1v) is 6.71. The average Bonchev–Trinajstić information content (AvgIpc) is 2.92. The summed E-state index contributed by atoms with van der Waals surface area (Å²) >= 11 is 0. The predicted molar refractivity (Wildman–Crippen MR) is 74.1 cm³/mol. The number of hydrogen-bond donors (Lipinski definition) is 2. The lowest BCUT2D eigenvalue weighted by molar-refractivity contribution is -0.141. The molecule has 0 aromatic heterocycles. The minimum absolute atomic E-state index is 0.0161. The first-order valence-electron chi connectivity index (χ1n) is 6.71. The Kier molecular flexibility index (Phi) is 4.79. The van der Waals surface area contributed by atoms with Gasteiger partial charge in [0.05, 0.1) is 5.92 Å². The van der Waals surface area contributed by atoms with Gasteiger partial charge in [-0.15, -0.1) is 0 Å². The van der Waals surface area contributed by atoms with Crippen LogP contribution >= 0.6 is 0 Å². The Hall–Kier alpha value is -2.38. The number of carbonyl (C=O) groups excluding carboxylic acids is 1. The van der Waals surface area contributed by atoms with Gasteiger partial charge in [0.25, 0.3) is 0 Å². The number of halogens is 2. The number of likely N-dealkylation sites (tertiary alicyclic amines) is 1. The maximum Gasteiger partial charge on any atom is 0.387 e. The van der Waals surface area contributed by atoms with Crippen molar-refractivity contribution in [3.63, 3.8) is 0 Å². The van der Waals surface area contributed by atoms with Crippen molar-refractivity contribution in [2.75, 3.05) is 18.4 Å². The molecule has 1 atom stereocenters. The second-order valence-corrected chi connectivity index (χ2v) is 5.06. The van der Waals surface area contributed by atoms with Crippen LogP contribution in [-0.2, 0) is 4.79 Å². The first kappa shape index (κ1) is 16.0. The molecule has 0 saturated carbocycles. The molecule has 1 aliphatic rings. The highest BCUT2D eigenvalue weighted by atomic mass is 19.3. The zero-order valence-corrected chi connectivity index (χ0v) is 11.9. The number of nitrogens with zero attached hydrogens (tertiary/aromatic N) is 1. The fourth-order valence-electron chi connectivity index (χ4n) is 2.25. The van der Waals surface area contributed by atoms with Crippen LogP contribution in [0.15, 0.2) is 18.2 Å². The lowest BCUT2D eigenvalue weighted by Crippen LogP contribution is -2.33. The zero-order valence-electron chi connectivity index (χ0n) is 11.9. The van der Waals surface area contributed by atoms with Gasteiger partial charge in [0, 0.05) is 24.8 Å². The molecule has 0 radical (unpaired) electrons. The van der Waals surface area contributed by atoms with E-state index in [1.807, 2.05) is 0 Å². The number of anilines is 1. The van der Waals surface area contributed by atoms with E-state index in [9.17, 15) is 18.4 Å². The van der Waals surface area contributed by atoms with Crippen molar-refractivity contribution in [3.8, 4) is 5.75 Å². The van der Waals surface area contributed by atoms with Crippen molar-refractivity contribution in [1.82, 2.24) is 4.90 Å². The number of carbonyl (C=O) groups is 2. The van der Waals surface area contributed by atoms with Gasteiger partial charge in [-0.3, -0.25) is 4.79 Å². The fraction of sp³-hybridized carbons (Fsp3) is 0.429. The highest BCUT2D eigenvalue weighted by Crippen LogP contribution is 2.25. The fourth-order valence-corrected chi connectivity index (χ4v) is 2.25. The number of ether oxygens (including phenoxy) is 1. The number of benzene rings is 1. The Balaban J connectivity index is 2.01. The van der Waals surface area contributed by atoms with Gasteiger partial charge in [-0.2, -0.15) is 8.78 Å². The molecule has 2 amide bonds. The van der Waals surface area contributed by atoms with Crippen LogP contribution in [0.25, 0.3) is 0 Å². The Morgan fingerprint density at radius 3 is 2.77 bits per heavy atom. The molecule has 0 spiro atoms. The molecule has 1 heterocycles. The molecule has 0 bridgehead atoms. The van der Waals surface area contributed by atoms with E-state index >= 15 is 0 Å². The summed E-state index contributed by atoms with van der Waals surface area (Å²) in [4.78, 5) is 24.3. The molecule has 1 saturated heterocycles. The van der Waals surface area contributed by atoms with Crippen molar-refractivity contribution >= 4 is 17.7 Å². The Bertz CT molecular complexity index is 580. The molecule has 6 nitrogen and oxygen atoms in total. The Labute approximate surface area is 125 Å². The normalized spacial score (nSPS) is 17.6. The van der Waals surface area contributed by atoms with Crippen molar-refractivity contribution < 1.29 is 28.2 Å². The summed E-state index contributed by atoms with van der Waals surface area (Å²) in [6.45, 7) is -0.858. The number of hydrogen-bond acceptors (Lipinski definition) is 3. The van der Waals surface area contributed by atoms with Gasteiger partial charge in [-0.05, 0) is 25.0 Å². The molecule has 1 fully saturated rings. The topological polar surface area (TPSA) is 78.9 Å². The van der Waals surface area contributed by atoms with E-state index < -0.39 is 24.5 Å². The van der Waals surface area contributed by atoms with Crippen molar-refractivity contribution in [1.29, 1.82) is 0 Å². The number of aliphatic carboxylic acids is 1. The molecule has 1 unspecified atom stereocenters. The van der Waals surface area contributed by atoms with E-state index in [2.05, 4.69) is 10.1 Å². The molecule has 1 aromatic rings. The lowest BCUT2D eigenvalue weighted by Gasteiger charge is -2.17. The van der Waals surface area contributed by atoms with Gasteiger partial charge in [0.15, 0.2) is 0 Å². The highest BCUT2D eigenvalue weighted by molar-refractivity contribution is 5.90. The standard InChI is InChI=1S/C14H16F2N2O4/c1-8-2-3-10(6-11(8)22-13(15)16)17-14(21)18-5-4-9(7-18)12(19)20/h2-3,6,9,13H,4-5,7H2,1H3,(H,17,21)(H,19,20). The number of aryl methyl sites for hydroxylation is 1. The highest BCUT2D eigenvalue weighted by Gasteiger charge is 2.30. The maximum atomic E-state index is 12.3. The van der Waals surface area contributed by atoms with E-state index in [1.165, 1.54) is 11.0 Å². The molecular weight excluding hydrogens is 298 g/mol. The second-order valence-electron chi connectivity index (χ2n) is 5.06. The smallest absolute Gasteiger partial charge is 0.387 e. The zero-order chi connectivity index (χ0) is 16.3. The molecule has 2 rings (SSSR count). The average molecular weight is 314 g/mol. The van der Waals surface area contributed by atoms with Crippen molar-refractivity contribution in [2.45, 2.75) is 20.0 Å². The second kappa shape index (κ2) is 6.59. The number of nitrogens with one attached hydrogen (secondary N) is 1. The molecule has 1 aliphatic heterocycles. The quantitative estimate of drug-likeness (QED) is 0.895. The SMILES string of the molecule is Cc1ccc(NC(=O)N2CCC(C(=O)O)C2)cc1OC(F)F. The minimum atomic E-state index is -2.94. The maximum absolute atomic E-state index is 12.3. The van der Waals surface area contributed by atoms with Crippen LogP contribution in [-0.4, -0.2) is 41.7 Å². The largest absolute Gasteiger partial charge is 0.481 e. The van der Waals surface area contributed by atoms with Gasteiger partial charge < -0.3 is 20.1 Å². The van der Waals surface area contributed by atoms with E-state index in [-0.39, 0.29) is 12.3 Å². The summed E-state index contributed by atoms with van der Waals surface area (Å²) in [7, 11) is 0. The van der Waals surface area contributed by atoms with Crippen LogP contribution in [0.1, 0.15) is 12.0 Å². The monoisotopic (exact) mass is 314 g/mol. The molecular formula is C14H16F2N2O4. The van der Waals surface area contributed by atoms with Gasteiger partial charge in [0.1, 0.15) is 5.75 Å². The summed E-state index contributed by atoms with van der Waals surface area (Å²) in [5, 5.41) is 11.5. The summed E-state index contributed by atoms with van der Waals surface area (Å²) in [5.41, 5.74) is 0.829. The number of urea groups is 1. The van der Waals surface area contributed by atoms with Gasteiger partial charge in [0.2, 0.25) is 0 Å². The summed E-state index contributed by atoms with van der Waals surface area (Å²) in [5.74, 6) is -1.52. The van der Waals surface area contributed by atoms with Crippen LogP contribution in [0.3, 0.4) is 0 Å². The van der Waals surface area contributed by atoms with Crippen molar-refractivity contribution in [3.05, 3.63) is 23.8 Å². The van der Waals surface area contributed by atoms with Crippen LogP contribution in [0.5, 0.6) is 5.75 Å². The van der Waals surface area contributed by atoms with Crippen LogP contribution < -0.4 is 10.1 Å². The number of alkyl halides is 2. The van der Waals surface area contributed by atoms with E-state index in [0.717, 1.165) is 0 Å². The van der Waals surface area contributed by atoms with E-state index in [0.29, 0.717) is 24.2 Å². The van der Waals surface area contributed by atoms with E-state index in [1.54, 1.807) is 19.1 Å². The number of carboxylic acids is 1. The predicted octanol–water partition coefficient (Wildman–Crippen LogP) is 2.53. The van der Waals surface area contributed by atoms with Gasteiger partial charge in [-0.1, -0.05) is 6.07 Å². The summed E-state index contributed by atoms with van der Waals surface area (Å²) in [6.07, 6.45) is 0.399. The first-order chi connectivity index (χ1) is 10.4. The summed E-state index contributed by atoms with van der Waals surface area (Å²) < 4.78 is 28.9. The molecule has 2 N–H and O–H groups in total. The van der Waals surface area contributed by atoms with Crippen molar-refractivity contribution in [2.24, 2.45) is 5.92 Å². The minimum Gasteiger partial charge on any atom is -0.481 e. The molecule has 120 valence electrons. The van der Waals surface area contributed by atoms with Crippen LogP contribution in [0.4, 0.5) is 19.3 Å². The van der Waals surface area contributed by atoms with Gasteiger partial charge in [-0.25, -0.2) is 4.79 Å². The number of amides is 2.